The van der Waals surface area contributed by atoms with Gasteiger partial charge in [-0.2, -0.15) is 0 Å². The first-order chi connectivity index (χ1) is 17.3. The Morgan fingerprint density at radius 2 is 0.889 bits per heavy atom. The Morgan fingerprint density at radius 3 is 1.19 bits per heavy atom. The maximum atomic E-state index is 11.7. The summed E-state index contributed by atoms with van der Waals surface area (Å²) in [7, 11) is 0. The standard InChI is InChI=1S/C28H18Br2N2O4/c29-21-5-7-25(31(33)34)23(13-21)19-9-15-1-2-16-10-20(24-14-22(30)6-8-26(24)32(35)36)12-18-4-3-17(11-19)27(15)28(16)18/h5-14H,1-4H2. The van der Waals surface area contributed by atoms with Gasteiger partial charge in [0.25, 0.3) is 11.4 Å². The van der Waals surface area contributed by atoms with E-state index in [1.807, 2.05) is 12.1 Å². The maximum Gasteiger partial charge on any atom is 0.277 e. The number of nitro benzene ring substituents is 2. The maximum absolute atomic E-state index is 11.7. The highest BCUT2D eigenvalue weighted by Crippen LogP contribution is 2.47. The van der Waals surface area contributed by atoms with E-state index in [0.29, 0.717) is 11.1 Å². The summed E-state index contributed by atoms with van der Waals surface area (Å²) in [5.41, 5.74) is 10.4. The van der Waals surface area contributed by atoms with Crippen molar-refractivity contribution in [2.24, 2.45) is 0 Å². The second kappa shape index (κ2) is 8.64. The van der Waals surface area contributed by atoms with Crippen LogP contribution in [-0.2, 0) is 25.7 Å². The molecule has 0 aromatic heterocycles. The van der Waals surface area contributed by atoms with Crippen LogP contribution in [0, 0.1) is 20.2 Å². The highest BCUT2D eigenvalue weighted by Gasteiger charge is 2.29. The molecule has 0 saturated heterocycles. The third-order valence-corrected chi connectivity index (χ3v) is 8.10. The molecule has 6 rings (SSSR count). The topological polar surface area (TPSA) is 86.3 Å². The van der Waals surface area contributed by atoms with Crippen LogP contribution in [-0.4, -0.2) is 9.85 Å². The monoisotopic (exact) mass is 604 g/mol. The van der Waals surface area contributed by atoms with Crippen molar-refractivity contribution in [3.8, 4) is 33.4 Å². The number of hydrogen-bond acceptors (Lipinski definition) is 4. The van der Waals surface area contributed by atoms with Crippen LogP contribution >= 0.6 is 31.9 Å². The van der Waals surface area contributed by atoms with Gasteiger partial charge in [0.15, 0.2) is 0 Å². The van der Waals surface area contributed by atoms with Crippen LogP contribution in [0.4, 0.5) is 11.4 Å². The number of halogens is 2. The van der Waals surface area contributed by atoms with Crippen molar-refractivity contribution in [2.75, 3.05) is 0 Å². The molecule has 0 unspecified atom stereocenters. The van der Waals surface area contributed by atoms with E-state index in [4.69, 9.17) is 0 Å². The Labute approximate surface area is 223 Å². The summed E-state index contributed by atoms with van der Waals surface area (Å²) in [6, 6.07) is 18.5. The van der Waals surface area contributed by atoms with Gasteiger partial charge in [-0.05, 0) is 94.5 Å². The summed E-state index contributed by atoms with van der Waals surface area (Å²) in [5.74, 6) is 0. The average molecular weight is 606 g/mol. The fourth-order valence-electron chi connectivity index (χ4n) is 5.61. The van der Waals surface area contributed by atoms with Crippen molar-refractivity contribution in [3.63, 3.8) is 0 Å². The Bertz CT molecular complexity index is 1460. The highest BCUT2D eigenvalue weighted by molar-refractivity contribution is 9.10. The third-order valence-electron chi connectivity index (χ3n) is 7.11. The largest absolute Gasteiger partial charge is 0.277 e. The van der Waals surface area contributed by atoms with Crippen molar-refractivity contribution in [2.45, 2.75) is 25.7 Å². The van der Waals surface area contributed by atoms with Gasteiger partial charge in [-0.3, -0.25) is 20.2 Å². The SMILES string of the molecule is O=[N+]([O-])c1ccc(Br)cc1-c1cc2c3c(c1)CCc1cc(-c4cc(Br)ccc4[N+](=O)[O-])cc(c1-3)CC2. The van der Waals surface area contributed by atoms with Crippen LogP contribution in [0.15, 0.2) is 69.6 Å². The zero-order chi connectivity index (χ0) is 25.1. The molecule has 0 aliphatic heterocycles. The van der Waals surface area contributed by atoms with Gasteiger partial charge < -0.3 is 0 Å². The van der Waals surface area contributed by atoms with Crippen LogP contribution in [0.25, 0.3) is 33.4 Å². The van der Waals surface area contributed by atoms with Crippen molar-refractivity contribution >= 4 is 43.2 Å². The molecule has 2 aliphatic carbocycles. The fraction of sp³-hybridized carbons (Fsp3) is 0.143. The summed E-state index contributed by atoms with van der Waals surface area (Å²) in [4.78, 5) is 22.7. The van der Waals surface area contributed by atoms with E-state index in [9.17, 15) is 20.2 Å². The molecule has 4 aromatic carbocycles. The van der Waals surface area contributed by atoms with Crippen LogP contribution in [0.1, 0.15) is 22.3 Å². The lowest BCUT2D eigenvalue weighted by atomic mass is 9.73. The van der Waals surface area contributed by atoms with Crippen molar-refractivity contribution in [1.82, 2.24) is 0 Å². The first-order valence-electron chi connectivity index (χ1n) is 11.5. The lowest BCUT2D eigenvalue weighted by Crippen LogP contribution is -2.15. The zero-order valence-corrected chi connectivity index (χ0v) is 22.1. The number of rotatable bonds is 4. The van der Waals surface area contributed by atoms with Gasteiger partial charge in [0.2, 0.25) is 0 Å². The molecular formula is C28H18Br2N2O4. The van der Waals surface area contributed by atoms with Gasteiger partial charge in [0.05, 0.1) is 21.0 Å². The zero-order valence-electron chi connectivity index (χ0n) is 18.9. The number of nitrogens with zero attached hydrogens (tertiary/aromatic N) is 2. The minimum absolute atomic E-state index is 0.0957. The number of aryl methyl sites for hydroxylation is 4. The normalized spacial score (nSPS) is 13.3. The quantitative estimate of drug-likeness (QED) is 0.173. The molecule has 0 amide bonds. The van der Waals surface area contributed by atoms with Gasteiger partial charge in [-0.15, -0.1) is 0 Å². The van der Waals surface area contributed by atoms with E-state index in [1.165, 1.54) is 33.4 Å². The molecule has 0 N–H and O–H groups in total. The molecule has 0 radical (unpaired) electrons. The van der Waals surface area contributed by atoms with Crippen molar-refractivity contribution in [1.29, 1.82) is 0 Å². The third kappa shape index (κ3) is 3.76. The van der Waals surface area contributed by atoms with Crippen molar-refractivity contribution in [3.05, 3.63) is 112 Å². The average Bonchev–Trinajstić information content (AvgIpc) is 2.86. The summed E-state index contributed by atoms with van der Waals surface area (Å²) < 4.78 is 1.60. The number of nitro groups is 2. The van der Waals surface area contributed by atoms with Crippen LogP contribution in [0.5, 0.6) is 0 Å². The van der Waals surface area contributed by atoms with E-state index in [-0.39, 0.29) is 21.2 Å². The van der Waals surface area contributed by atoms with Gasteiger partial charge in [0, 0.05) is 21.1 Å². The van der Waals surface area contributed by atoms with E-state index < -0.39 is 0 Å². The van der Waals surface area contributed by atoms with Gasteiger partial charge in [-0.1, -0.05) is 56.1 Å². The smallest absolute Gasteiger partial charge is 0.258 e. The Balaban J connectivity index is 1.52. The molecule has 0 atom stereocenters. The molecule has 0 heterocycles. The molecule has 4 aromatic rings. The fourth-order valence-corrected chi connectivity index (χ4v) is 6.34. The van der Waals surface area contributed by atoms with E-state index in [0.717, 1.165) is 45.8 Å². The minimum Gasteiger partial charge on any atom is -0.258 e. The van der Waals surface area contributed by atoms with E-state index in [2.05, 4.69) is 56.1 Å². The molecule has 2 aliphatic rings. The second-order valence-electron chi connectivity index (χ2n) is 9.18. The Kier molecular flexibility index (Phi) is 5.53. The first kappa shape index (κ1) is 23.1. The Hall–Kier alpha value is -3.36. The molecule has 8 heteroatoms. The Morgan fingerprint density at radius 1 is 0.556 bits per heavy atom. The predicted octanol–water partition coefficient (Wildman–Crippen LogP) is 8.23. The van der Waals surface area contributed by atoms with Crippen LogP contribution < -0.4 is 0 Å². The molecule has 0 spiro atoms. The number of hydrogen-bond donors (Lipinski definition) is 0. The first-order valence-corrected chi connectivity index (χ1v) is 13.1. The summed E-state index contributed by atoms with van der Waals surface area (Å²) in [6.07, 6.45) is 3.26. The molecule has 36 heavy (non-hydrogen) atoms. The highest BCUT2D eigenvalue weighted by atomic mass is 79.9. The molecule has 0 bridgehead atoms. The lowest BCUT2D eigenvalue weighted by Gasteiger charge is -2.31. The molecular weight excluding hydrogens is 588 g/mol. The van der Waals surface area contributed by atoms with Crippen LogP contribution in [0.2, 0.25) is 0 Å². The number of benzene rings is 4. The second-order valence-corrected chi connectivity index (χ2v) is 11.0. The summed E-state index contributed by atoms with van der Waals surface area (Å²) in [5, 5.41) is 23.4. The molecule has 0 fully saturated rings. The minimum atomic E-state index is -0.331. The summed E-state index contributed by atoms with van der Waals surface area (Å²) >= 11 is 6.92. The molecule has 0 saturated carbocycles. The van der Waals surface area contributed by atoms with Crippen LogP contribution in [0.3, 0.4) is 0 Å². The molecule has 178 valence electrons. The van der Waals surface area contributed by atoms with E-state index >= 15 is 0 Å². The van der Waals surface area contributed by atoms with E-state index in [1.54, 1.807) is 24.3 Å². The lowest BCUT2D eigenvalue weighted by molar-refractivity contribution is -0.384. The molecule has 6 nitrogen and oxygen atoms in total. The van der Waals surface area contributed by atoms with Gasteiger partial charge in [0.1, 0.15) is 0 Å². The van der Waals surface area contributed by atoms with Gasteiger partial charge in [-0.25, -0.2) is 0 Å². The van der Waals surface area contributed by atoms with Gasteiger partial charge >= 0.3 is 0 Å². The predicted molar refractivity (Wildman–Crippen MR) is 146 cm³/mol. The summed E-state index contributed by atoms with van der Waals surface area (Å²) in [6.45, 7) is 0. The van der Waals surface area contributed by atoms with Crippen molar-refractivity contribution < 1.29 is 9.85 Å².